The molecular formula is C15H24N2OS. The number of aliphatic hydroxyl groups excluding tert-OH is 1. The third kappa shape index (κ3) is 3.71. The summed E-state index contributed by atoms with van der Waals surface area (Å²) in [5.74, 6) is 1.48. The van der Waals surface area contributed by atoms with Crippen LogP contribution in [0.2, 0.25) is 0 Å². The van der Waals surface area contributed by atoms with Crippen LogP contribution in [-0.2, 0) is 0 Å². The Balaban J connectivity index is 1.86. The number of nitrogens with zero attached hydrogens (tertiary/aromatic N) is 1. The quantitative estimate of drug-likeness (QED) is 0.814. The third-order valence-corrected chi connectivity index (χ3v) is 5.04. The van der Waals surface area contributed by atoms with E-state index in [1.165, 1.54) is 5.56 Å². The molecule has 0 bridgehead atoms. The van der Waals surface area contributed by atoms with E-state index < -0.39 is 0 Å². The summed E-state index contributed by atoms with van der Waals surface area (Å²) in [4.78, 5) is 4.54. The lowest BCUT2D eigenvalue weighted by molar-refractivity contribution is 0.158. The van der Waals surface area contributed by atoms with Crippen LogP contribution in [0.25, 0.3) is 0 Å². The topological polar surface area (TPSA) is 59.1 Å². The van der Waals surface area contributed by atoms with E-state index in [2.05, 4.69) is 24.0 Å². The summed E-state index contributed by atoms with van der Waals surface area (Å²) in [5, 5.41) is 10.5. The SMILES string of the molecule is Cc1cc(C)nc(SCCC2CCCC2(N)CO)c1. The van der Waals surface area contributed by atoms with E-state index >= 15 is 0 Å². The number of pyridine rings is 1. The van der Waals surface area contributed by atoms with Crippen molar-refractivity contribution in [2.75, 3.05) is 12.4 Å². The molecule has 106 valence electrons. The monoisotopic (exact) mass is 280 g/mol. The van der Waals surface area contributed by atoms with Crippen molar-refractivity contribution in [2.24, 2.45) is 11.7 Å². The summed E-state index contributed by atoms with van der Waals surface area (Å²) in [6.07, 6.45) is 4.32. The molecule has 3 nitrogen and oxygen atoms in total. The number of hydrogen-bond donors (Lipinski definition) is 2. The molecule has 2 rings (SSSR count). The zero-order valence-corrected chi connectivity index (χ0v) is 12.7. The average molecular weight is 280 g/mol. The van der Waals surface area contributed by atoms with Crippen molar-refractivity contribution in [1.29, 1.82) is 0 Å². The molecular weight excluding hydrogens is 256 g/mol. The molecule has 2 unspecified atom stereocenters. The zero-order valence-electron chi connectivity index (χ0n) is 11.9. The molecule has 4 heteroatoms. The zero-order chi connectivity index (χ0) is 13.9. The number of aliphatic hydroxyl groups is 1. The van der Waals surface area contributed by atoms with Crippen molar-refractivity contribution in [2.45, 2.75) is 50.1 Å². The Hall–Kier alpha value is -0.580. The van der Waals surface area contributed by atoms with Gasteiger partial charge in [0, 0.05) is 11.2 Å². The van der Waals surface area contributed by atoms with Gasteiger partial charge in [-0.05, 0) is 62.5 Å². The molecule has 0 spiro atoms. The minimum Gasteiger partial charge on any atom is -0.394 e. The molecule has 0 radical (unpaired) electrons. The van der Waals surface area contributed by atoms with E-state index in [1.807, 2.05) is 6.92 Å². The Labute approximate surface area is 120 Å². The van der Waals surface area contributed by atoms with Crippen molar-refractivity contribution in [3.8, 4) is 0 Å². The molecule has 0 amide bonds. The molecule has 0 saturated heterocycles. The molecule has 1 aliphatic rings. The minimum absolute atomic E-state index is 0.115. The highest BCUT2D eigenvalue weighted by Crippen LogP contribution is 2.36. The van der Waals surface area contributed by atoms with Gasteiger partial charge in [0.25, 0.3) is 0 Å². The van der Waals surface area contributed by atoms with E-state index in [4.69, 9.17) is 5.73 Å². The highest BCUT2D eigenvalue weighted by Gasteiger charge is 2.38. The second-order valence-corrected chi connectivity index (χ2v) is 6.86. The first-order valence-corrected chi connectivity index (χ1v) is 8.00. The van der Waals surface area contributed by atoms with Gasteiger partial charge in [-0.3, -0.25) is 0 Å². The van der Waals surface area contributed by atoms with Crippen LogP contribution in [0.1, 0.15) is 36.9 Å². The highest BCUT2D eigenvalue weighted by atomic mass is 32.2. The van der Waals surface area contributed by atoms with Crippen LogP contribution >= 0.6 is 11.8 Å². The van der Waals surface area contributed by atoms with Gasteiger partial charge in [0.05, 0.1) is 11.6 Å². The molecule has 3 N–H and O–H groups in total. The van der Waals surface area contributed by atoms with Gasteiger partial charge in [-0.1, -0.05) is 6.42 Å². The Morgan fingerprint density at radius 3 is 2.95 bits per heavy atom. The highest BCUT2D eigenvalue weighted by molar-refractivity contribution is 7.99. The van der Waals surface area contributed by atoms with Crippen molar-refractivity contribution < 1.29 is 5.11 Å². The van der Waals surface area contributed by atoms with Gasteiger partial charge in [-0.2, -0.15) is 0 Å². The van der Waals surface area contributed by atoms with E-state index in [0.717, 1.165) is 42.2 Å². The minimum atomic E-state index is -0.337. The summed E-state index contributed by atoms with van der Waals surface area (Å²) in [6, 6.07) is 4.23. The fourth-order valence-corrected chi connectivity index (χ4v) is 4.08. The van der Waals surface area contributed by atoms with Crippen LogP contribution < -0.4 is 5.73 Å². The summed E-state index contributed by atoms with van der Waals surface area (Å²) in [5.41, 5.74) is 8.26. The predicted molar refractivity (Wildman–Crippen MR) is 80.4 cm³/mol. The standard InChI is InChI=1S/C15H24N2OS/c1-11-8-12(2)17-14(9-11)19-7-5-13-4-3-6-15(13,16)10-18/h8-9,13,18H,3-7,10,16H2,1-2H3. The fourth-order valence-electron chi connectivity index (χ4n) is 2.99. The maximum Gasteiger partial charge on any atom is 0.0965 e. The van der Waals surface area contributed by atoms with Crippen molar-refractivity contribution in [1.82, 2.24) is 4.98 Å². The Bertz CT molecular complexity index is 418. The van der Waals surface area contributed by atoms with Crippen LogP contribution in [0.15, 0.2) is 17.2 Å². The summed E-state index contributed by atoms with van der Waals surface area (Å²) in [7, 11) is 0. The molecule has 1 saturated carbocycles. The average Bonchev–Trinajstić information content (AvgIpc) is 2.71. The molecule has 19 heavy (non-hydrogen) atoms. The van der Waals surface area contributed by atoms with E-state index in [9.17, 15) is 5.11 Å². The normalized spacial score (nSPS) is 26.8. The van der Waals surface area contributed by atoms with Gasteiger partial charge < -0.3 is 10.8 Å². The van der Waals surface area contributed by atoms with Gasteiger partial charge in [0.2, 0.25) is 0 Å². The second kappa shape index (κ2) is 6.25. The number of thioether (sulfide) groups is 1. The second-order valence-electron chi connectivity index (χ2n) is 5.74. The van der Waals surface area contributed by atoms with Crippen molar-refractivity contribution >= 4 is 11.8 Å². The first-order chi connectivity index (χ1) is 9.03. The molecule has 1 aromatic heterocycles. The molecule has 1 aliphatic carbocycles. The molecule has 2 atom stereocenters. The predicted octanol–water partition coefficient (Wildman–Crippen LogP) is 2.67. The van der Waals surface area contributed by atoms with Crippen LogP contribution in [0.3, 0.4) is 0 Å². The molecule has 1 heterocycles. The maximum absolute atomic E-state index is 9.44. The first-order valence-electron chi connectivity index (χ1n) is 7.01. The van der Waals surface area contributed by atoms with E-state index in [1.54, 1.807) is 11.8 Å². The maximum atomic E-state index is 9.44. The molecule has 0 aliphatic heterocycles. The molecule has 1 aromatic rings. The summed E-state index contributed by atoms with van der Waals surface area (Å²) >= 11 is 1.80. The van der Waals surface area contributed by atoms with Gasteiger partial charge in [0.1, 0.15) is 0 Å². The number of aromatic nitrogens is 1. The van der Waals surface area contributed by atoms with Crippen LogP contribution in [0, 0.1) is 19.8 Å². The summed E-state index contributed by atoms with van der Waals surface area (Å²) in [6.45, 7) is 4.25. The van der Waals surface area contributed by atoms with Gasteiger partial charge in [0.15, 0.2) is 0 Å². The Morgan fingerprint density at radius 2 is 2.26 bits per heavy atom. The van der Waals surface area contributed by atoms with Gasteiger partial charge in [-0.25, -0.2) is 4.98 Å². The number of rotatable bonds is 5. The molecule has 0 aromatic carbocycles. The van der Waals surface area contributed by atoms with Gasteiger partial charge >= 0.3 is 0 Å². The Kier molecular flexibility index (Phi) is 4.87. The van der Waals surface area contributed by atoms with Crippen LogP contribution in [0.4, 0.5) is 0 Å². The van der Waals surface area contributed by atoms with Crippen molar-refractivity contribution in [3.05, 3.63) is 23.4 Å². The first kappa shape index (κ1) is 14.8. The number of aryl methyl sites for hydroxylation is 2. The number of nitrogens with two attached hydrogens (primary N) is 1. The van der Waals surface area contributed by atoms with E-state index in [-0.39, 0.29) is 12.1 Å². The largest absolute Gasteiger partial charge is 0.394 e. The lowest BCUT2D eigenvalue weighted by Gasteiger charge is -2.29. The van der Waals surface area contributed by atoms with Crippen molar-refractivity contribution in [3.63, 3.8) is 0 Å². The van der Waals surface area contributed by atoms with Gasteiger partial charge in [-0.15, -0.1) is 11.8 Å². The lowest BCUT2D eigenvalue weighted by Crippen LogP contribution is -2.47. The number of hydrogen-bond acceptors (Lipinski definition) is 4. The van der Waals surface area contributed by atoms with Crippen LogP contribution in [0.5, 0.6) is 0 Å². The molecule has 1 fully saturated rings. The lowest BCUT2D eigenvalue weighted by atomic mass is 9.87. The smallest absolute Gasteiger partial charge is 0.0965 e. The Morgan fingerprint density at radius 1 is 1.47 bits per heavy atom. The summed E-state index contributed by atoms with van der Waals surface area (Å²) < 4.78 is 0. The van der Waals surface area contributed by atoms with Crippen LogP contribution in [-0.4, -0.2) is 28.0 Å². The fraction of sp³-hybridized carbons (Fsp3) is 0.667. The third-order valence-electron chi connectivity index (χ3n) is 4.09. The van der Waals surface area contributed by atoms with E-state index in [0.29, 0.717) is 5.92 Å².